The monoisotopic (exact) mass is 558 g/mol. The van der Waals surface area contributed by atoms with Crippen LogP contribution in [-0.4, -0.2) is 67.0 Å². The van der Waals surface area contributed by atoms with Gasteiger partial charge in [-0.15, -0.1) is 0 Å². The molecule has 2 amide bonds. The third-order valence-electron chi connectivity index (χ3n) is 5.11. The molecule has 216 valence electrons. The van der Waals surface area contributed by atoms with Gasteiger partial charge in [0.25, 0.3) is 0 Å². The van der Waals surface area contributed by atoms with Gasteiger partial charge < -0.3 is 34.3 Å². The Morgan fingerprint density at radius 3 is 2.08 bits per heavy atom. The number of rotatable bonds is 9. The molecule has 1 aromatic rings. The zero-order chi connectivity index (χ0) is 29.5. The van der Waals surface area contributed by atoms with Gasteiger partial charge in [-0.25, -0.2) is 13.6 Å². The molecule has 1 saturated heterocycles. The predicted molar refractivity (Wildman–Crippen MR) is 128 cm³/mol. The van der Waals surface area contributed by atoms with Crippen molar-refractivity contribution >= 4 is 29.9 Å². The highest BCUT2D eigenvalue weighted by molar-refractivity contribution is 5.82. The summed E-state index contributed by atoms with van der Waals surface area (Å²) >= 11 is 0. The van der Waals surface area contributed by atoms with Gasteiger partial charge in [-0.1, -0.05) is 0 Å². The van der Waals surface area contributed by atoms with E-state index >= 15 is 0 Å². The lowest BCUT2D eigenvalue weighted by molar-refractivity contribution is -0.165. The Morgan fingerprint density at radius 1 is 0.897 bits per heavy atom. The van der Waals surface area contributed by atoms with Gasteiger partial charge in [-0.2, -0.15) is 0 Å². The lowest BCUT2D eigenvalue weighted by Crippen LogP contribution is -2.40. The number of alkyl carbamates (subject to hydrolysis) is 1. The largest absolute Gasteiger partial charge is 0.463 e. The second-order valence-corrected chi connectivity index (χ2v) is 9.64. The van der Waals surface area contributed by atoms with Gasteiger partial charge in [0, 0.05) is 44.5 Å². The minimum absolute atomic E-state index is 0.158. The van der Waals surface area contributed by atoms with E-state index in [1.54, 1.807) is 20.8 Å². The number of nitrogens with one attached hydrogen (secondary N) is 2. The molecule has 0 bridgehead atoms. The van der Waals surface area contributed by atoms with Crippen molar-refractivity contribution in [3.05, 3.63) is 34.9 Å². The van der Waals surface area contributed by atoms with Crippen molar-refractivity contribution in [1.82, 2.24) is 10.6 Å². The summed E-state index contributed by atoms with van der Waals surface area (Å²) in [6.45, 7) is 6.98. The molecule has 0 aliphatic carbocycles. The van der Waals surface area contributed by atoms with Crippen LogP contribution in [0.3, 0.4) is 0 Å². The van der Waals surface area contributed by atoms with E-state index in [9.17, 15) is 32.8 Å². The van der Waals surface area contributed by atoms with Crippen LogP contribution in [-0.2, 0) is 49.4 Å². The van der Waals surface area contributed by atoms with Crippen molar-refractivity contribution < 1.29 is 56.4 Å². The van der Waals surface area contributed by atoms with Gasteiger partial charge in [0.2, 0.25) is 5.91 Å². The smallest absolute Gasteiger partial charge is 0.408 e. The zero-order valence-corrected chi connectivity index (χ0v) is 22.4. The lowest BCUT2D eigenvalue weighted by Gasteiger charge is -2.24. The first-order valence-corrected chi connectivity index (χ1v) is 11.9. The number of hydrogen-bond donors (Lipinski definition) is 2. The van der Waals surface area contributed by atoms with Crippen LogP contribution in [0, 0.1) is 11.6 Å². The van der Waals surface area contributed by atoms with Crippen LogP contribution >= 0.6 is 0 Å². The average Bonchev–Trinajstić information content (AvgIpc) is 3.10. The number of hydrogen-bond acceptors (Lipinski definition) is 10. The molecule has 12 nitrogen and oxygen atoms in total. The van der Waals surface area contributed by atoms with Crippen LogP contribution in [0.5, 0.6) is 0 Å². The summed E-state index contributed by atoms with van der Waals surface area (Å²) < 4.78 is 55.8. The summed E-state index contributed by atoms with van der Waals surface area (Å²) in [7, 11) is 0. The third-order valence-corrected chi connectivity index (χ3v) is 5.11. The summed E-state index contributed by atoms with van der Waals surface area (Å²) in [6, 6.07) is 1.62. The maximum absolute atomic E-state index is 15.0. The molecule has 0 spiro atoms. The van der Waals surface area contributed by atoms with Crippen LogP contribution in [0.4, 0.5) is 13.6 Å². The van der Waals surface area contributed by atoms with Gasteiger partial charge in [0.1, 0.15) is 42.6 Å². The highest BCUT2D eigenvalue weighted by Gasteiger charge is 2.51. The molecular weight excluding hydrogens is 526 g/mol. The van der Waals surface area contributed by atoms with E-state index in [-0.39, 0.29) is 11.1 Å². The van der Waals surface area contributed by atoms with Crippen LogP contribution in [0.15, 0.2) is 12.1 Å². The second kappa shape index (κ2) is 13.3. The van der Waals surface area contributed by atoms with E-state index in [1.165, 1.54) is 0 Å². The zero-order valence-electron chi connectivity index (χ0n) is 22.4. The Morgan fingerprint density at radius 2 is 1.51 bits per heavy atom. The van der Waals surface area contributed by atoms with Gasteiger partial charge >= 0.3 is 24.0 Å². The standard InChI is InChI=1S/C25H32F2N2O10/c1-12(30)35-11-19-22(36-13(2)31)23(37-14(3)32)21(38-19)16-7-15(17(26)8-18(16)27)9-28-20(33)10-29-24(34)39-25(4,5)6/h7-8,19,21-23H,9-11H2,1-6H3,(H,28,33)(H,29,34)/t19-,21+,22?,23-/m1/s1. The molecule has 1 aliphatic heterocycles. The molecule has 1 fully saturated rings. The molecule has 1 aromatic carbocycles. The molecular formula is C25H32F2N2O10. The summed E-state index contributed by atoms with van der Waals surface area (Å²) in [5, 5.41) is 4.64. The molecule has 4 atom stereocenters. The first-order valence-electron chi connectivity index (χ1n) is 11.9. The van der Waals surface area contributed by atoms with Gasteiger partial charge in [0.15, 0.2) is 12.2 Å². The summed E-state index contributed by atoms with van der Waals surface area (Å²) in [6.07, 6.45) is -6.00. The van der Waals surface area contributed by atoms with Crippen molar-refractivity contribution in [3.63, 3.8) is 0 Å². The van der Waals surface area contributed by atoms with E-state index in [4.69, 9.17) is 23.7 Å². The fraction of sp³-hybridized carbons (Fsp3) is 0.560. The Bertz CT molecular complexity index is 1110. The Hall–Kier alpha value is -3.81. The molecule has 0 saturated carbocycles. The molecule has 1 unspecified atom stereocenters. The van der Waals surface area contributed by atoms with E-state index < -0.39 is 91.3 Å². The quantitative estimate of drug-likeness (QED) is 0.339. The highest BCUT2D eigenvalue weighted by atomic mass is 19.1. The highest BCUT2D eigenvalue weighted by Crippen LogP contribution is 2.39. The first-order chi connectivity index (χ1) is 18.1. The lowest BCUT2D eigenvalue weighted by atomic mass is 9.98. The van der Waals surface area contributed by atoms with E-state index in [0.29, 0.717) is 6.07 Å². The van der Waals surface area contributed by atoms with Gasteiger partial charge in [-0.05, 0) is 26.8 Å². The summed E-state index contributed by atoms with van der Waals surface area (Å²) in [4.78, 5) is 58.7. The number of benzene rings is 1. The third kappa shape index (κ3) is 9.78. The van der Waals surface area contributed by atoms with E-state index in [2.05, 4.69) is 10.6 Å². The number of esters is 3. The normalized spacial score (nSPS) is 20.5. The summed E-state index contributed by atoms with van der Waals surface area (Å²) in [5.41, 5.74) is -1.19. The number of halogens is 2. The minimum atomic E-state index is -1.39. The molecule has 2 N–H and O–H groups in total. The van der Waals surface area contributed by atoms with Crippen molar-refractivity contribution in [2.75, 3.05) is 13.2 Å². The number of amides is 2. The van der Waals surface area contributed by atoms with E-state index in [1.807, 2.05) is 0 Å². The molecule has 1 heterocycles. The molecule has 14 heteroatoms. The average molecular weight is 559 g/mol. The van der Waals surface area contributed by atoms with Crippen molar-refractivity contribution in [2.45, 2.75) is 78.1 Å². The number of ether oxygens (including phenoxy) is 5. The topological polar surface area (TPSA) is 156 Å². The van der Waals surface area contributed by atoms with Crippen LogP contribution < -0.4 is 10.6 Å². The molecule has 39 heavy (non-hydrogen) atoms. The minimum Gasteiger partial charge on any atom is -0.463 e. The van der Waals surface area contributed by atoms with Crippen molar-refractivity contribution in [1.29, 1.82) is 0 Å². The molecule has 2 rings (SSSR count). The number of carbonyl (C=O) groups is 5. The molecule has 1 aliphatic rings. The molecule has 0 aromatic heterocycles. The van der Waals surface area contributed by atoms with Crippen molar-refractivity contribution in [2.24, 2.45) is 0 Å². The predicted octanol–water partition coefficient (Wildman–Crippen LogP) is 1.97. The maximum Gasteiger partial charge on any atom is 0.408 e. The fourth-order valence-electron chi connectivity index (χ4n) is 3.66. The first kappa shape index (κ1) is 31.4. The second-order valence-electron chi connectivity index (χ2n) is 9.64. The van der Waals surface area contributed by atoms with Crippen LogP contribution in [0.2, 0.25) is 0 Å². The van der Waals surface area contributed by atoms with Gasteiger partial charge in [0.05, 0.1) is 0 Å². The van der Waals surface area contributed by atoms with Crippen LogP contribution in [0.25, 0.3) is 0 Å². The Labute approximate surface area is 223 Å². The fourth-order valence-corrected chi connectivity index (χ4v) is 3.66. The SMILES string of the molecule is CC(=O)OC[C@H]1O[C@@H](c2cc(CNC(=O)CNC(=O)OC(C)(C)C)c(F)cc2F)[C@@H](OC(C)=O)C1OC(C)=O. The van der Waals surface area contributed by atoms with Crippen LogP contribution in [0.1, 0.15) is 58.8 Å². The maximum atomic E-state index is 15.0. The van der Waals surface area contributed by atoms with E-state index in [0.717, 1.165) is 26.8 Å². The summed E-state index contributed by atoms with van der Waals surface area (Å²) in [5.74, 6) is -4.97. The van der Waals surface area contributed by atoms with Crippen molar-refractivity contribution in [3.8, 4) is 0 Å². The Kier molecular flexibility index (Phi) is 10.7. The Balaban J connectivity index is 2.25. The van der Waals surface area contributed by atoms with Gasteiger partial charge in [-0.3, -0.25) is 19.2 Å². The number of carbonyl (C=O) groups excluding carboxylic acids is 5. The molecule has 0 radical (unpaired) electrons.